The molecule has 0 aromatic heterocycles. The fourth-order valence-corrected chi connectivity index (χ4v) is 1.63. The third kappa shape index (κ3) is 4.01. The molecule has 2 N–H and O–H groups in total. The number of hydrogen-bond donors (Lipinski definition) is 1. The molecular weight excluding hydrogens is 214 g/mol. The first kappa shape index (κ1) is 13.4. The maximum Gasteiger partial charge on any atom is 0.122 e. The van der Waals surface area contributed by atoms with Crippen LogP contribution in [0.15, 0.2) is 18.2 Å². The molecular formula is C14H19NO2. The third-order valence-corrected chi connectivity index (χ3v) is 2.64. The summed E-state index contributed by atoms with van der Waals surface area (Å²) in [5, 5.41) is 0. The normalized spacial score (nSPS) is 11.6. The van der Waals surface area contributed by atoms with Crippen LogP contribution in [0.5, 0.6) is 11.5 Å². The van der Waals surface area contributed by atoms with E-state index < -0.39 is 0 Å². The van der Waals surface area contributed by atoms with Crippen LogP contribution in [0.4, 0.5) is 0 Å². The summed E-state index contributed by atoms with van der Waals surface area (Å²) in [7, 11) is 3.25. The molecule has 3 heteroatoms. The SMILES string of the molecule is C#CCCCC(N)c1cc(OC)cc(OC)c1. The zero-order valence-corrected chi connectivity index (χ0v) is 10.4. The minimum Gasteiger partial charge on any atom is -0.497 e. The van der Waals surface area contributed by atoms with Gasteiger partial charge >= 0.3 is 0 Å². The van der Waals surface area contributed by atoms with Crippen LogP contribution in [0.25, 0.3) is 0 Å². The molecule has 0 bridgehead atoms. The molecule has 0 aliphatic heterocycles. The summed E-state index contributed by atoms with van der Waals surface area (Å²) < 4.78 is 10.4. The standard InChI is InChI=1S/C14H19NO2/c1-4-5-6-7-14(15)11-8-12(16-2)10-13(9-11)17-3/h1,8-10,14H,5-7,15H2,2-3H3. The van der Waals surface area contributed by atoms with E-state index in [-0.39, 0.29) is 6.04 Å². The Morgan fingerprint density at radius 1 is 1.24 bits per heavy atom. The maximum absolute atomic E-state index is 6.10. The van der Waals surface area contributed by atoms with Gasteiger partial charge in [-0.2, -0.15) is 0 Å². The molecule has 3 nitrogen and oxygen atoms in total. The molecule has 0 saturated carbocycles. The summed E-state index contributed by atoms with van der Waals surface area (Å²) >= 11 is 0. The molecule has 0 aliphatic carbocycles. The van der Waals surface area contributed by atoms with E-state index in [2.05, 4.69) is 5.92 Å². The van der Waals surface area contributed by atoms with Gasteiger partial charge in [0.25, 0.3) is 0 Å². The number of terminal acetylenes is 1. The van der Waals surface area contributed by atoms with Crippen molar-refractivity contribution in [2.24, 2.45) is 5.73 Å². The van der Waals surface area contributed by atoms with Crippen molar-refractivity contribution >= 4 is 0 Å². The highest BCUT2D eigenvalue weighted by molar-refractivity contribution is 5.39. The molecule has 17 heavy (non-hydrogen) atoms. The Hall–Kier alpha value is -1.66. The molecule has 0 fully saturated rings. The van der Waals surface area contributed by atoms with Gasteiger partial charge in [0, 0.05) is 18.5 Å². The lowest BCUT2D eigenvalue weighted by atomic mass is 10.0. The molecule has 0 spiro atoms. The Balaban J connectivity index is 2.78. The quantitative estimate of drug-likeness (QED) is 0.606. The van der Waals surface area contributed by atoms with E-state index in [1.54, 1.807) is 14.2 Å². The summed E-state index contributed by atoms with van der Waals surface area (Å²) in [4.78, 5) is 0. The van der Waals surface area contributed by atoms with Crippen LogP contribution >= 0.6 is 0 Å². The molecule has 0 aliphatic rings. The minimum absolute atomic E-state index is 0.0349. The van der Waals surface area contributed by atoms with E-state index in [1.807, 2.05) is 18.2 Å². The number of benzene rings is 1. The highest BCUT2D eigenvalue weighted by Gasteiger charge is 2.09. The van der Waals surface area contributed by atoms with Gasteiger partial charge in [-0.15, -0.1) is 12.3 Å². The molecule has 0 heterocycles. The van der Waals surface area contributed by atoms with Gasteiger partial charge in [0.1, 0.15) is 11.5 Å². The molecule has 1 aromatic rings. The minimum atomic E-state index is -0.0349. The van der Waals surface area contributed by atoms with Crippen molar-refractivity contribution in [1.29, 1.82) is 0 Å². The molecule has 0 amide bonds. The highest BCUT2D eigenvalue weighted by atomic mass is 16.5. The van der Waals surface area contributed by atoms with E-state index in [9.17, 15) is 0 Å². The van der Waals surface area contributed by atoms with Crippen LogP contribution in [0, 0.1) is 12.3 Å². The lowest BCUT2D eigenvalue weighted by Crippen LogP contribution is -2.10. The second-order valence-corrected chi connectivity index (χ2v) is 3.85. The maximum atomic E-state index is 6.10. The van der Waals surface area contributed by atoms with Gasteiger partial charge in [0.2, 0.25) is 0 Å². The number of rotatable bonds is 6. The zero-order chi connectivity index (χ0) is 12.7. The van der Waals surface area contributed by atoms with Crippen molar-refractivity contribution < 1.29 is 9.47 Å². The Morgan fingerprint density at radius 3 is 2.29 bits per heavy atom. The summed E-state index contributed by atoms with van der Waals surface area (Å²) in [5.74, 6) is 4.13. The molecule has 1 atom stereocenters. The lowest BCUT2D eigenvalue weighted by molar-refractivity contribution is 0.392. The number of methoxy groups -OCH3 is 2. The first-order valence-corrected chi connectivity index (χ1v) is 5.63. The number of unbranched alkanes of at least 4 members (excludes halogenated alkanes) is 1. The second-order valence-electron chi connectivity index (χ2n) is 3.85. The number of nitrogens with two attached hydrogens (primary N) is 1. The van der Waals surface area contributed by atoms with Crippen molar-refractivity contribution in [3.05, 3.63) is 23.8 Å². The monoisotopic (exact) mass is 233 g/mol. The fourth-order valence-electron chi connectivity index (χ4n) is 1.63. The molecule has 1 rings (SSSR count). The van der Waals surface area contributed by atoms with Gasteiger partial charge in [-0.25, -0.2) is 0 Å². The van der Waals surface area contributed by atoms with Gasteiger partial charge in [-0.05, 0) is 30.5 Å². The topological polar surface area (TPSA) is 44.5 Å². The summed E-state index contributed by atoms with van der Waals surface area (Å²) in [6, 6.07) is 5.66. The highest BCUT2D eigenvalue weighted by Crippen LogP contribution is 2.27. The van der Waals surface area contributed by atoms with Crippen LogP contribution in [-0.4, -0.2) is 14.2 Å². The van der Waals surface area contributed by atoms with Crippen LogP contribution in [0.1, 0.15) is 30.9 Å². The molecule has 92 valence electrons. The number of hydrogen-bond acceptors (Lipinski definition) is 3. The van der Waals surface area contributed by atoms with E-state index >= 15 is 0 Å². The van der Waals surface area contributed by atoms with Crippen molar-refractivity contribution in [2.75, 3.05) is 14.2 Å². The predicted molar refractivity (Wildman–Crippen MR) is 69.2 cm³/mol. The van der Waals surface area contributed by atoms with Gasteiger partial charge in [0.15, 0.2) is 0 Å². The smallest absolute Gasteiger partial charge is 0.122 e. The average Bonchev–Trinajstić information content (AvgIpc) is 2.38. The third-order valence-electron chi connectivity index (χ3n) is 2.64. The van der Waals surface area contributed by atoms with E-state index in [1.165, 1.54) is 0 Å². The van der Waals surface area contributed by atoms with Gasteiger partial charge in [0.05, 0.1) is 14.2 Å². The first-order valence-electron chi connectivity index (χ1n) is 5.63. The predicted octanol–water partition coefficient (Wildman–Crippen LogP) is 2.51. The fraction of sp³-hybridized carbons (Fsp3) is 0.429. The van der Waals surface area contributed by atoms with E-state index in [0.29, 0.717) is 0 Å². The van der Waals surface area contributed by atoms with Crippen molar-refractivity contribution in [1.82, 2.24) is 0 Å². The van der Waals surface area contributed by atoms with E-state index in [0.717, 1.165) is 36.3 Å². The molecule has 0 saturated heterocycles. The summed E-state index contributed by atoms with van der Waals surface area (Å²) in [6.07, 6.45) is 7.76. The molecule has 0 radical (unpaired) electrons. The Morgan fingerprint density at radius 2 is 1.82 bits per heavy atom. The summed E-state index contributed by atoms with van der Waals surface area (Å²) in [6.45, 7) is 0. The van der Waals surface area contributed by atoms with Crippen molar-refractivity contribution in [3.8, 4) is 23.8 Å². The molecule has 1 unspecified atom stereocenters. The van der Waals surface area contributed by atoms with Gasteiger partial charge in [-0.1, -0.05) is 0 Å². The lowest BCUT2D eigenvalue weighted by Gasteiger charge is -2.14. The van der Waals surface area contributed by atoms with Crippen LogP contribution in [-0.2, 0) is 0 Å². The van der Waals surface area contributed by atoms with E-state index in [4.69, 9.17) is 21.6 Å². The Labute approximate surface area is 103 Å². The number of ether oxygens (including phenoxy) is 2. The van der Waals surface area contributed by atoms with Crippen LogP contribution < -0.4 is 15.2 Å². The first-order chi connectivity index (χ1) is 8.21. The van der Waals surface area contributed by atoms with Gasteiger partial charge < -0.3 is 15.2 Å². The Kier molecular flexibility index (Phi) is 5.38. The van der Waals surface area contributed by atoms with Crippen LogP contribution in [0.2, 0.25) is 0 Å². The largest absolute Gasteiger partial charge is 0.497 e. The second kappa shape index (κ2) is 6.82. The van der Waals surface area contributed by atoms with Crippen molar-refractivity contribution in [2.45, 2.75) is 25.3 Å². The molecule has 1 aromatic carbocycles. The van der Waals surface area contributed by atoms with Gasteiger partial charge in [-0.3, -0.25) is 0 Å². The Bertz CT molecular complexity index is 373. The summed E-state index contributed by atoms with van der Waals surface area (Å²) in [5.41, 5.74) is 7.12. The average molecular weight is 233 g/mol. The van der Waals surface area contributed by atoms with Crippen LogP contribution in [0.3, 0.4) is 0 Å². The zero-order valence-electron chi connectivity index (χ0n) is 10.4. The van der Waals surface area contributed by atoms with Crippen molar-refractivity contribution in [3.63, 3.8) is 0 Å².